The number of amidine groups is 1. The first-order valence-corrected chi connectivity index (χ1v) is 9.01. The van der Waals surface area contributed by atoms with Crippen molar-refractivity contribution in [3.05, 3.63) is 90.8 Å². The van der Waals surface area contributed by atoms with Gasteiger partial charge in [-0.1, -0.05) is 24.3 Å². The lowest BCUT2D eigenvalue weighted by Gasteiger charge is -2.14. The largest absolute Gasteiger partial charge is 0.457 e. The van der Waals surface area contributed by atoms with Crippen molar-refractivity contribution in [3.8, 4) is 34.0 Å². The molecule has 0 fully saturated rings. The molecule has 0 aliphatic carbocycles. The fourth-order valence-electron chi connectivity index (χ4n) is 3.05. The van der Waals surface area contributed by atoms with Crippen LogP contribution in [-0.4, -0.2) is 15.8 Å². The highest BCUT2D eigenvalue weighted by Crippen LogP contribution is 2.33. The molecule has 0 amide bonds. The normalized spacial score (nSPS) is 10.5. The fourth-order valence-corrected chi connectivity index (χ4v) is 3.05. The van der Waals surface area contributed by atoms with Gasteiger partial charge in [0.1, 0.15) is 17.3 Å². The van der Waals surface area contributed by atoms with E-state index in [9.17, 15) is 0 Å². The smallest absolute Gasteiger partial charge is 0.127 e. The molecule has 0 spiro atoms. The third-order valence-electron chi connectivity index (χ3n) is 4.44. The number of rotatable bonds is 5. The van der Waals surface area contributed by atoms with Crippen LogP contribution in [0.3, 0.4) is 0 Å². The Balaban J connectivity index is 1.71. The fraction of sp³-hybridized carbons (Fsp3) is 0. The number of hydrogen-bond acceptors (Lipinski definition) is 5. The van der Waals surface area contributed by atoms with Gasteiger partial charge in [0.05, 0.1) is 22.6 Å². The lowest BCUT2D eigenvalue weighted by Crippen LogP contribution is -2.17. The Kier molecular flexibility index (Phi) is 4.90. The topological polar surface area (TPSA) is 111 Å². The lowest BCUT2D eigenvalue weighted by molar-refractivity contribution is 0.483. The Morgan fingerprint density at radius 3 is 2.17 bits per heavy atom. The van der Waals surface area contributed by atoms with Gasteiger partial charge in [0.2, 0.25) is 0 Å². The van der Waals surface area contributed by atoms with Gasteiger partial charge in [-0.15, -0.1) is 0 Å². The zero-order chi connectivity index (χ0) is 20.2. The van der Waals surface area contributed by atoms with Crippen LogP contribution in [0.2, 0.25) is 0 Å². The van der Waals surface area contributed by atoms with Crippen LogP contribution in [0.5, 0.6) is 11.5 Å². The van der Waals surface area contributed by atoms with E-state index < -0.39 is 0 Å². The van der Waals surface area contributed by atoms with E-state index >= 15 is 0 Å². The second-order valence-electron chi connectivity index (χ2n) is 6.38. The number of nitrogens with one attached hydrogen (secondary N) is 1. The molecule has 0 atom stereocenters. The third kappa shape index (κ3) is 3.77. The van der Waals surface area contributed by atoms with E-state index in [1.165, 1.54) is 0 Å². The van der Waals surface area contributed by atoms with Gasteiger partial charge in [0, 0.05) is 23.5 Å². The zero-order valence-corrected chi connectivity index (χ0v) is 15.5. The Morgan fingerprint density at radius 2 is 1.52 bits per heavy atom. The molecule has 5 N–H and O–H groups in total. The van der Waals surface area contributed by atoms with Crippen molar-refractivity contribution in [1.82, 2.24) is 9.97 Å². The van der Waals surface area contributed by atoms with Crippen LogP contribution in [0.4, 0.5) is 5.69 Å². The summed E-state index contributed by atoms with van der Waals surface area (Å²) in [6.07, 6.45) is 3.34. The molecule has 142 valence electrons. The van der Waals surface area contributed by atoms with E-state index in [4.69, 9.17) is 21.6 Å². The number of nitrogen functional groups attached to an aromatic ring is 2. The van der Waals surface area contributed by atoms with Crippen molar-refractivity contribution in [1.29, 1.82) is 5.41 Å². The summed E-state index contributed by atoms with van der Waals surface area (Å²) in [5.74, 6) is 1.31. The molecular formula is C23H19N5O. The summed E-state index contributed by atoms with van der Waals surface area (Å²) in [6.45, 7) is 0. The zero-order valence-electron chi connectivity index (χ0n) is 15.5. The van der Waals surface area contributed by atoms with E-state index in [0.29, 0.717) is 34.0 Å². The predicted octanol–water partition coefficient (Wildman–Crippen LogP) is 4.47. The van der Waals surface area contributed by atoms with E-state index in [1.807, 2.05) is 72.8 Å². The lowest BCUT2D eigenvalue weighted by atomic mass is 9.99. The predicted molar refractivity (Wildman–Crippen MR) is 115 cm³/mol. The van der Waals surface area contributed by atoms with Crippen LogP contribution < -0.4 is 16.2 Å². The first kappa shape index (κ1) is 18.2. The molecular weight excluding hydrogens is 362 g/mol. The van der Waals surface area contributed by atoms with Crippen LogP contribution in [0.1, 0.15) is 5.56 Å². The Morgan fingerprint density at radius 1 is 0.828 bits per heavy atom. The average Bonchev–Trinajstić information content (AvgIpc) is 2.75. The molecule has 0 aliphatic heterocycles. The second-order valence-corrected chi connectivity index (χ2v) is 6.38. The molecule has 2 heterocycles. The molecule has 0 unspecified atom stereocenters. The number of nitrogens with two attached hydrogens (primary N) is 2. The Bertz CT molecular complexity index is 1140. The maximum Gasteiger partial charge on any atom is 0.127 e. The minimum Gasteiger partial charge on any atom is -0.457 e. The van der Waals surface area contributed by atoms with Crippen LogP contribution in [0.25, 0.3) is 22.5 Å². The summed E-state index contributed by atoms with van der Waals surface area (Å²) < 4.78 is 5.83. The number of benzene rings is 2. The molecule has 0 bridgehead atoms. The molecule has 0 aliphatic rings. The van der Waals surface area contributed by atoms with Gasteiger partial charge < -0.3 is 16.2 Å². The van der Waals surface area contributed by atoms with Gasteiger partial charge >= 0.3 is 0 Å². The van der Waals surface area contributed by atoms with Crippen LogP contribution >= 0.6 is 0 Å². The van der Waals surface area contributed by atoms with Crippen molar-refractivity contribution in [3.63, 3.8) is 0 Å². The number of hydrogen-bond donors (Lipinski definition) is 3. The molecule has 0 radical (unpaired) electrons. The minimum atomic E-state index is -0.146. The molecule has 4 aromatic rings. The minimum absolute atomic E-state index is 0.146. The van der Waals surface area contributed by atoms with Crippen molar-refractivity contribution < 1.29 is 4.74 Å². The van der Waals surface area contributed by atoms with Gasteiger partial charge in [0.15, 0.2) is 0 Å². The first-order chi connectivity index (χ1) is 14.1. The summed E-state index contributed by atoms with van der Waals surface area (Å²) in [4.78, 5) is 8.86. The van der Waals surface area contributed by atoms with E-state index in [0.717, 1.165) is 11.3 Å². The highest BCUT2D eigenvalue weighted by molar-refractivity contribution is 6.07. The van der Waals surface area contributed by atoms with Gasteiger partial charge in [-0.3, -0.25) is 15.4 Å². The van der Waals surface area contributed by atoms with Crippen molar-refractivity contribution in [2.24, 2.45) is 5.73 Å². The molecule has 2 aromatic carbocycles. The third-order valence-corrected chi connectivity index (χ3v) is 4.44. The molecule has 0 saturated heterocycles. The van der Waals surface area contributed by atoms with Crippen LogP contribution in [0.15, 0.2) is 85.2 Å². The van der Waals surface area contributed by atoms with Gasteiger partial charge in [0.25, 0.3) is 0 Å². The van der Waals surface area contributed by atoms with E-state index in [2.05, 4.69) is 9.97 Å². The molecule has 0 saturated carbocycles. The highest BCUT2D eigenvalue weighted by Gasteiger charge is 2.18. The maximum atomic E-state index is 8.03. The molecule has 4 rings (SSSR count). The standard InChI is InChI=1S/C23H19N5O/c24-21-18(19-8-4-5-13-27-19)14-28-22(20(21)23(25)26)15-9-11-17(12-10-15)29-16-6-2-1-3-7-16/h1-14H,(H2,24,28)(H3,25,26). The maximum absolute atomic E-state index is 8.03. The Labute approximate surface area is 168 Å². The van der Waals surface area contributed by atoms with E-state index in [1.54, 1.807) is 12.4 Å². The van der Waals surface area contributed by atoms with Crippen molar-refractivity contribution in [2.75, 3.05) is 5.73 Å². The average molecular weight is 381 g/mol. The summed E-state index contributed by atoms with van der Waals surface area (Å²) in [5.41, 5.74) is 15.6. The number of aromatic nitrogens is 2. The summed E-state index contributed by atoms with van der Waals surface area (Å²) in [6, 6.07) is 22.5. The molecule has 2 aromatic heterocycles. The number of anilines is 1. The molecule has 29 heavy (non-hydrogen) atoms. The Hall–Kier alpha value is -4.19. The number of pyridine rings is 2. The quantitative estimate of drug-likeness (QED) is 0.349. The highest BCUT2D eigenvalue weighted by atomic mass is 16.5. The van der Waals surface area contributed by atoms with Crippen LogP contribution in [0, 0.1) is 5.41 Å². The van der Waals surface area contributed by atoms with Gasteiger partial charge in [-0.2, -0.15) is 0 Å². The number of ether oxygens (including phenoxy) is 1. The van der Waals surface area contributed by atoms with Crippen molar-refractivity contribution in [2.45, 2.75) is 0 Å². The SMILES string of the molecule is N=C(N)c1c(-c2ccc(Oc3ccccc3)cc2)ncc(-c2ccccn2)c1N. The monoisotopic (exact) mass is 381 g/mol. The van der Waals surface area contributed by atoms with Gasteiger partial charge in [-0.25, -0.2) is 0 Å². The second kappa shape index (κ2) is 7.82. The molecule has 6 nitrogen and oxygen atoms in total. The van der Waals surface area contributed by atoms with Crippen LogP contribution in [-0.2, 0) is 0 Å². The first-order valence-electron chi connectivity index (χ1n) is 9.01. The number of nitrogens with zero attached hydrogens (tertiary/aromatic N) is 2. The summed E-state index contributed by atoms with van der Waals surface area (Å²) in [7, 11) is 0. The molecule has 6 heteroatoms. The number of para-hydroxylation sites is 1. The summed E-state index contributed by atoms with van der Waals surface area (Å²) >= 11 is 0. The van der Waals surface area contributed by atoms with Gasteiger partial charge in [-0.05, 0) is 48.5 Å². The summed E-state index contributed by atoms with van der Waals surface area (Å²) in [5, 5.41) is 8.03. The van der Waals surface area contributed by atoms with Crippen molar-refractivity contribution >= 4 is 11.5 Å². The van der Waals surface area contributed by atoms with E-state index in [-0.39, 0.29) is 5.84 Å².